The van der Waals surface area contributed by atoms with Crippen LogP contribution >= 0.6 is 0 Å². The summed E-state index contributed by atoms with van der Waals surface area (Å²) >= 11 is 0. The van der Waals surface area contributed by atoms with Crippen LogP contribution in [0.5, 0.6) is 11.5 Å². The van der Waals surface area contributed by atoms with Crippen molar-refractivity contribution in [1.29, 1.82) is 0 Å². The number of aromatic hydroxyl groups is 1. The highest BCUT2D eigenvalue weighted by atomic mass is 16.5. The molecule has 3 atom stereocenters. The van der Waals surface area contributed by atoms with Gasteiger partial charge in [0.25, 0.3) is 5.91 Å². The number of benzene rings is 4. The summed E-state index contributed by atoms with van der Waals surface area (Å²) in [6.07, 6.45) is 10.5. The van der Waals surface area contributed by atoms with E-state index in [9.17, 15) is 14.7 Å². The maximum atomic E-state index is 13.1. The second-order valence-electron chi connectivity index (χ2n) is 15.9. The number of likely N-dealkylation sites (tertiary alicyclic amines) is 1. The Labute approximate surface area is 320 Å². The largest absolute Gasteiger partial charge is 0.508 e. The van der Waals surface area contributed by atoms with Crippen molar-refractivity contribution in [2.75, 3.05) is 26.2 Å². The molecule has 3 aliphatic heterocycles. The lowest BCUT2D eigenvalue weighted by Crippen LogP contribution is -2.49. The summed E-state index contributed by atoms with van der Waals surface area (Å²) in [4.78, 5) is 29.9. The van der Waals surface area contributed by atoms with Gasteiger partial charge in [-0.15, -0.1) is 0 Å². The predicted octanol–water partition coefficient (Wildman–Crippen LogP) is 8.51. The number of phenols is 1. The molecule has 0 saturated carbocycles. The zero-order valence-corrected chi connectivity index (χ0v) is 31.3. The van der Waals surface area contributed by atoms with Gasteiger partial charge in [0, 0.05) is 30.3 Å². The minimum atomic E-state index is -0.409. The van der Waals surface area contributed by atoms with Crippen LogP contribution in [0.3, 0.4) is 0 Å². The Morgan fingerprint density at radius 2 is 1.63 bits per heavy atom. The van der Waals surface area contributed by atoms with Crippen molar-refractivity contribution in [3.8, 4) is 11.5 Å². The molecule has 2 saturated heterocycles. The smallest absolute Gasteiger partial charge is 0.255 e. The van der Waals surface area contributed by atoms with Crippen LogP contribution in [0.4, 0.5) is 0 Å². The molecule has 4 aliphatic rings. The van der Waals surface area contributed by atoms with E-state index in [4.69, 9.17) is 4.74 Å². The number of piperidine rings is 2. The Kier molecular flexibility index (Phi) is 10.9. The number of allylic oxidation sites excluding steroid dienone is 1. The molecule has 2 N–H and O–H groups in total. The normalized spacial score (nSPS) is 21.8. The molecule has 1 aliphatic carbocycles. The van der Waals surface area contributed by atoms with E-state index in [1.54, 1.807) is 4.90 Å². The second-order valence-corrected chi connectivity index (χ2v) is 15.9. The van der Waals surface area contributed by atoms with E-state index >= 15 is 0 Å². The molecule has 2 fully saturated rings. The van der Waals surface area contributed by atoms with Crippen LogP contribution < -0.4 is 10.1 Å². The number of fused-ring (bicyclic) bond motifs is 2. The quantitative estimate of drug-likeness (QED) is 0.143. The number of unbranched alkanes of at least 4 members (excludes halogenated alkanes) is 1. The van der Waals surface area contributed by atoms with Crippen molar-refractivity contribution >= 4 is 11.8 Å². The number of hydrogen-bond acceptors (Lipinski definition) is 5. The average Bonchev–Trinajstić information content (AvgIpc) is 3.52. The van der Waals surface area contributed by atoms with Gasteiger partial charge in [0.15, 0.2) is 0 Å². The van der Waals surface area contributed by atoms with Crippen molar-refractivity contribution in [3.05, 3.63) is 142 Å². The van der Waals surface area contributed by atoms with E-state index in [0.29, 0.717) is 37.7 Å². The topological polar surface area (TPSA) is 82.1 Å². The Morgan fingerprint density at radius 3 is 2.43 bits per heavy atom. The average molecular weight is 724 g/mol. The van der Waals surface area contributed by atoms with Crippen molar-refractivity contribution in [1.82, 2.24) is 15.1 Å². The highest BCUT2D eigenvalue weighted by molar-refractivity contribution is 6.01. The number of hydrogen-bond donors (Lipinski definition) is 2. The molecule has 8 rings (SSSR count). The van der Waals surface area contributed by atoms with Gasteiger partial charge < -0.3 is 20.1 Å². The van der Waals surface area contributed by atoms with Crippen LogP contribution in [0.2, 0.25) is 0 Å². The molecule has 7 nitrogen and oxygen atoms in total. The molecule has 4 aromatic rings. The first-order chi connectivity index (χ1) is 26.4. The highest BCUT2D eigenvalue weighted by Gasteiger charge is 2.38. The lowest BCUT2D eigenvalue weighted by molar-refractivity contribution is -0.126. The summed E-state index contributed by atoms with van der Waals surface area (Å²) in [5.74, 6) is 2.54. The second kappa shape index (κ2) is 16.2. The molecule has 0 bridgehead atoms. The Morgan fingerprint density at radius 1 is 0.815 bits per heavy atom. The SMILES string of the molecule is C=C1CCC(N2Cc3cc(CCCCC4CCN(CCOc5ccc([C@H]6c7ccc(O)cc7CC[C@H]6c6ccccc6)cc5)CC4)ccc3C2=O)C(=O)N1. The van der Waals surface area contributed by atoms with E-state index < -0.39 is 6.04 Å². The molecule has 0 radical (unpaired) electrons. The molecule has 0 aromatic heterocycles. The van der Waals surface area contributed by atoms with Crippen LogP contribution in [0, 0.1) is 5.92 Å². The molecule has 280 valence electrons. The fourth-order valence-electron chi connectivity index (χ4n) is 9.47. The molecule has 4 aromatic carbocycles. The number of nitrogens with zero attached hydrogens (tertiary/aromatic N) is 2. The first-order valence-electron chi connectivity index (χ1n) is 20.1. The number of rotatable bonds is 12. The van der Waals surface area contributed by atoms with Gasteiger partial charge in [0.05, 0.1) is 0 Å². The standard InChI is InChI=1S/C47H53N3O4/c1-32-11-22-44(46(52)48-32)50-31-38-29-34(12-19-43(38)47(50)53)8-6-5-7-33-23-25-49(26-24-33)27-28-54-40-17-13-36(14-18-40)45-41(35-9-3-2-4-10-35)20-15-37-30-39(51)16-21-42(37)45/h2-4,9-10,12-14,16-19,21,29-30,33,41,44-45,51H,1,5-8,11,15,20,22-28,31H2,(H,48,52)/t41-,44?,45+/m0/s1. The van der Waals surface area contributed by atoms with Gasteiger partial charge in [0.1, 0.15) is 24.1 Å². The van der Waals surface area contributed by atoms with Gasteiger partial charge in [-0.2, -0.15) is 0 Å². The third kappa shape index (κ3) is 7.97. The van der Waals surface area contributed by atoms with Crippen LogP contribution in [-0.4, -0.2) is 59.0 Å². The minimum Gasteiger partial charge on any atom is -0.508 e. The zero-order chi connectivity index (χ0) is 37.0. The number of amides is 2. The van der Waals surface area contributed by atoms with E-state index in [1.165, 1.54) is 53.5 Å². The maximum absolute atomic E-state index is 13.1. The fraction of sp³-hybridized carbons (Fsp3) is 0.404. The number of ether oxygens (including phenoxy) is 1. The van der Waals surface area contributed by atoms with Crippen LogP contribution in [0.25, 0.3) is 0 Å². The first kappa shape index (κ1) is 36.1. The van der Waals surface area contributed by atoms with Gasteiger partial charge in [-0.1, -0.05) is 80.1 Å². The van der Waals surface area contributed by atoms with Gasteiger partial charge in [-0.25, -0.2) is 0 Å². The van der Waals surface area contributed by atoms with Gasteiger partial charge in [-0.3, -0.25) is 14.5 Å². The van der Waals surface area contributed by atoms with Crippen molar-refractivity contribution in [2.24, 2.45) is 5.92 Å². The number of aryl methyl sites for hydroxylation is 2. The molecule has 0 spiro atoms. The maximum Gasteiger partial charge on any atom is 0.255 e. The lowest BCUT2D eigenvalue weighted by atomic mass is 9.69. The molecule has 3 heterocycles. The van der Waals surface area contributed by atoms with Crippen LogP contribution in [0.15, 0.2) is 103 Å². The van der Waals surface area contributed by atoms with E-state index in [2.05, 4.69) is 89.6 Å². The number of carbonyl (C=O) groups excluding carboxylic acids is 2. The number of carbonyl (C=O) groups is 2. The van der Waals surface area contributed by atoms with Gasteiger partial charge >= 0.3 is 0 Å². The van der Waals surface area contributed by atoms with E-state index in [1.807, 2.05) is 18.2 Å². The van der Waals surface area contributed by atoms with Crippen molar-refractivity contribution in [3.63, 3.8) is 0 Å². The summed E-state index contributed by atoms with van der Waals surface area (Å²) in [5.41, 5.74) is 9.04. The Hall–Kier alpha value is -4.88. The molecular weight excluding hydrogens is 671 g/mol. The zero-order valence-electron chi connectivity index (χ0n) is 31.3. The molecule has 7 heteroatoms. The van der Waals surface area contributed by atoms with Crippen molar-refractivity contribution in [2.45, 2.75) is 88.6 Å². The predicted molar refractivity (Wildman–Crippen MR) is 213 cm³/mol. The Balaban J connectivity index is 0.758. The highest BCUT2D eigenvalue weighted by Crippen LogP contribution is 2.47. The van der Waals surface area contributed by atoms with E-state index in [-0.39, 0.29) is 17.7 Å². The minimum absolute atomic E-state index is 0.0292. The van der Waals surface area contributed by atoms with Gasteiger partial charge in [0.2, 0.25) is 5.91 Å². The summed E-state index contributed by atoms with van der Waals surface area (Å²) in [6.45, 7) is 8.28. The number of phenolic OH excluding ortho intramolecular Hbond substituents is 1. The van der Waals surface area contributed by atoms with Crippen LogP contribution in [0.1, 0.15) is 107 Å². The molecule has 1 unspecified atom stereocenters. The molecular formula is C47H53N3O4. The monoisotopic (exact) mass is 723 g/mol. The summed E-state index contributed by atoms with van der Waals surface area (Å²) in [6, 6.07) is 31.3. The third-order valence-corrected chi connectivity index (χ3v) is 12.5. The summed E-state index contributed by atoms with van der Waals surface area (Å²) < 4.78 is 6.26. The molecule has 2 amide bonds. The first-order valence-corrected chi connectivity index (χ1v) is 20.1. The van der Waals surface area contributed by atoms with Gasteiger partial charge in [-0.05, 0) is 140 Å². The Bertz CT molecular complexity index is 1970. The van der Waals surface area contributed by atoms with Crippen molar-refractivity contribution < 1.29 is 19.4 Å². The third-order valence-electron chi connectivity index (χ3n) is 12.5. The molecule has 54 heavy (non-hydrogen) atoms. The summed E-state index contributed by atoms with van der Waals surface area (Å²) in [7, 11) is 0. The van der Waals surface area contributed by atoms with Crippen LogP contribution in [-0.2, 0) is 24.2 Å². The lowest BCUT2D eigenvalue weighted by Gasteiger charge is -2.35. The number of nitrogens with one attached hydrogen (secondary N) is 1. The summed E-state index contributed by atoms with van der Waals surface area (Å²) in [5, 5.41) is 13.0. The fourth-order valence-corrected chi connectivity index (χ4v) is 9.47. The van der Waals surface area contributed by atoms with E-state index in [0.717, 1.165) is 73.8 Å².